The summed E-state index contributed by atoms with van der Waals surface area (Å²) in [5, 5.41) is 2.51. The molecule has 8 aromatic carbocycles. The molecule has 11 rings (SSSR count). The van der Waals surface area contributed by atoms with Crippen molar-refractivity contribution in [3.8, 4) is 39.1 Å². The minimum absolute atomic E-state index is 0. The van der Waals surface area contributed by atoms with Gasteiger partial charge in [-0.1, -0.05) is 163 Å². The van der Waals surface area contributed by atoms with Crippen molar-refractivity contribution in [3.05, 3.63) is 204 Å². The molecule has 0 fully saturated rings. The lowest BCUT2D eigenvalue weighted by atomic mass is 9.82. The highest BCUT2D eigenvalue weighted by atomic mass is 15.1. The molecule has 0 saturated heterocycles. The van der Waals surface area contributed by atoms with Gasteiger partial charge in [-0.3, -0.25) is 0 Å². The van der Waals surface area contributed by atoms with E-state index in [1.807, 2.05) is 0 Å². The Morgan fingerprint density at radius 3 is 1.70 bits per heavy atom. The topological polar surface area (TPSA) is 8.17 Å². The first-order valence-corrected chi connectivity index (χ1v) is 19.8. The number of hydrogen-bond donors (Lipinski definition) is 0. The van der Waals surface area contributed by atoms with E-state index in [-0.39, 0.29) is 18.3 Å². The molecule has 0 N–H and O–H groups in total. The van der Waals surface area contributed by atoms with Crippen molar-refractivity contribution in [1.29, 1.82) is 0 Å². The molecule has 0 aliphatic heterocycles. The maximum Gasteiger partial charge on any atom is 0.0547 e. The Hall–Kier alpha value is -6.64. The highest BCUT2D eigenvalue weighted by Gasteiger charge is 2.37. The standard InChI is InChI=1S/C54H42N2.CH4/c1-53(2)47-23-13-9-20-41(47)45-33-37(28-31-48(45)53)55(38-27-30-42-40-19-8-12-22-46(40)54(3,4)49(42)34-38)50-24-14-10-18-39(50)35-26-29-44-43-21-11-15-25-51(43)56(52(44)32-35)36-16-6-5-7-17-36;/h5-34H,1-4H3;1H4. The van der Waals surface area contributed by atoms with Crippen LogP contribution in [0.2, 0.25) is 0 Å². The summed E-state index contributed by atoms with van der Waals surface area (Å²) in [5.74, 6) is 0. The fraction of sp³-hybridized carbons (Fsp3) is 0.127. The Bertz CT molecular complexity index is 3030. The van der Waals surface area contributed by atoms with E-state index in [1.54, 1.807) is 0 Å². The molecule has 57 heavy (non-hydrogen) atoms. The fourth-order valence-corrected chi connectivity index (χ4v) is 10.0. The van der Waals surface area contributed by atoms with Gasteiger partial charge in [0.15, 0.2) is 0 Å². The van der Waals surface area contributed by atoms with Crippen molar-refractivity contribution >= 4 is 38.9 Å². The molecule has 1 heterocycles. The summed E-state index contributed by atoms with van der Waals surface area (Å²) in [4.78, 5) is 2.50. The van der Waals surface area contributed by atoms with E-state index in [4.69, 9.17) is 0 Å². The molecule has 0 atom stereocenters. The second-order valence-corrected chi connectivity index (χ2v) is 16.6. The van der Waals surface area contributed by atoms with Gasteiger partial charge < -0.3 is 9.47 Å². The number of anilines is 3. The zero-order chi connectivity index (χ0) is 37.8. The molecular formula is C55H46N2. The average Bonchev–Trinajstić information content (AvgIpc) is 3.78. The van der Waals surface area contributed by atoms with Crippen molar-refractivity contribution in [3.63, 3.8) is 0 Å². The number of benzene rings is 8. The van der Waals surface area contributed by atoms with Crippen molar-refractivity contribution in [2.75, 3.05) is 4.90 Å². The van der Waals surface area contributed by atoms with Gasteiger partial charge in [-0.15, -0.1) is 0 Å². The zero-order valence-corrected chi connectivity index (χ0v) is 32.2. The predicted molar refractivity (Wildman–Crippen MR) is 243 cm³/mol. The Labute approximate surface area is 336 Å². The lowest BCUT2D eigenvalue weighted by molar-refractivity contribution is 0.660. The second-order valence-electron chi connectivity index (χ2n) is 16.6. The molecule has 0 radical (unpaired) electrons. The highest BCUT2D eigenvalue weighted by Crippen LogP contribution is 2.54. The van der Waals surface area contributed by atoms with Crippen LogP contribution in [-0.2, 0) is 10.8 Å². The second kappa shape index (κ2) is 12.7. The molecule has 2 aliphatic rings. The van der Waals surface area contributed by atoms with Gasteiger partial charge in [0.1, 0.15) is 0 Å². The number of para-hydroxylation sites is 3. The summed E-state index contributed by atoms with van der Waals surface area (Å²) in [7, 11) is 0. The van der Waals surface area contributed by atoms with Crippen molar-refractivity contribution in [1.82, 2.24) is 4.57 Å². The largest absolute Gasteiger partial charge is 0.310 e. The minimum Gasteiger partial charge on any atom is -0.310 e. The number of aromatic nitrogens is 1. The number of fused-ring (bicyclic) bond motifs is 9. The normalized spacial score (nSPS) is 14.1. The van der Waals surface area contributed by atoms with Gasteiger partial charge in [-0.05, 0) is 105 Å². The van der Waals surface area contributed by atoms with Crippen LogP contribution >= 0.6 is 0 Å². The first-order chi connectivity index (χ1) is 27.3. The molecule has 1 aromatic heterocycles. The van der Waals surface area contributed by atoms with Crippen LogP contribution in [-0.4, -0.2) is 4.57 Å². The van der Waals surface area contributed by atoms with Gasteiger partial charge in [-0.25, -0.2) is 0 Å². The van der Waals surface area contributed by atoms with Gasteiger partial charge >= 0.3 is 0 Å². The van der Waals surface area contributed by atoms with Gasteiger partial charge in [0.05, 0.1) is 16.7 Å². The minimum atomic E-state index is -0.121. The quantitative estimate of drug-likeness (QED) is 0.171. The molecule has 9 aromatic rings. The van der Waals surface area contributed by atoms with E-state index in [0.717, 1.165) is 22.7 Å². The number of rotatable bonds is 5. The monoisotopic (exact) mass is 734 g/mol. The molecule has 0 bridgehead atoms. The van der Waals surface area contributed by atoms with Crippen LogP contribution in [0.15, 0.2) is 182 Å². The zero-order valence-electron chi connectivity index (χ0n) is 32.2. The van der Waals surface area contributed by atoms with Crippen molar-refractivity contribution in [2.45, 2.75) is 46.0 Å². The average molecular weight is 735 g/mol. The molecule has 0 unspecified atom stereocenters. The molecule has 0 amide bonds. The summed E-state index contributed by atoms with van der Waals surface area (Å²) in [5.41, 5.74) is 20.0. The van der Waals surface area contributed by atoms with Crippen molar-refractivity contribution < 1.29 is 0 Å². The first kappa shape index (κ1) is 34.8. The summed E-state index contributed by atoms with van der Waals surface area (Å²) in [6.45, 7) is 9.45. The molecular weight excluding hydrogens is 689 g/mol. The van der Waals surface area contributed by atoms with E-state index in [9.17, 15) is 0 Å². The number of nitrogens with zero attached hydrogens (tertiary/aromatic N) is 2. The maximum atomic E-state index is 2.50. The van der Waals surface area contributed by atoms with Crippen LogP contribution in [0.25, 0.3) is 60.9 Å². The van der Waals surface area contributed by atoms with Crippen LogP contribution in [0, 0.1) is 0 Å². The van der Waals surface area contributed by atoms with Crippen LogP contribution in [0.3, 0.4) is 0 Å². The Balaban J connectivity index is 0.00000396. The van der Waals surface area contributed by atoms with E-state index in [2.05, 4.69) is 219 Å². The van der Waals surface area contributed by atoms with E-state index in [1.165, 1.54) is 77.4 Å². The highest BCUT2D eigenvalue weighted by molar-refractivity contribution is 6.10. The van der Waals surface area contributed by atoms with Gasteiger partial charge in [0, 0.05) is 44.2 Å². The smallest absolute Gasteiger partial charge is 0.0547 e. The van der Waals surface area contributed by atoms with E-state index in [0.29, 0.717) is 0 Å². The molecule has 2 aliphatic carbocycles. The SMILES string of the molecule is C.CC1(C)c2ccccc2-c2cc(N(c3ccc4c(c3)C(C)(C)c3ccccc3-4)c3ccccc3-c3ccc4c5ccccc5n(-c5ccccc5)c4c3)ccc21. The lowest BCUT2D eigenvalue weighted by Crippen LogP contribution is -2.17. The predicted octanol–water partition coefficient (Wildman–Crippen LogP) is 15.2. The Kier molecular flexibility index (Phi) is 7.76. The summed E-state index contributed by atoms with van der Waals surface area (Å²) in [6.07, 6.45) is 0. The van der Waals surface area contributed by atoms with Gasteiger partial charge in [0.2, 0.25) is 0 Å². The Morgan fingerprint density at radius 2 is 0.930 bits per heavy atom. The van der Waals surface area contributed by atoms with Crippen LogP contribution in [0.5, 0.6) is 0 Å². The third-order valence-corrected chi connectivity index (χ3v) is 12.8. The molecule has 2 heteroatoms. The molecule has 2 nitrogen and oxygen atoms in total. The van der Waals surface area contributed by atoms with Gasteiger partial charge in [0.25, 0.3) is 0 Å². The summed E-state index contributed by atoms with van der Waals surface area (Å²) < 4.78 is 2.41. The van der Waals surface area contributed by atoms with Crippen LogP contribution < -0.4 is 4.90 Å². The summed E-state index contributed by atoms with van der Waals surface area (Å²) >= 11 is 0. The summed E-state index contributed by atoms with van der Waals surface area (Å²) in [6, 6.07) is 67.6. The van der Waals surface area contributed by atoms with E-state index >= 15 is 0 Å². The van der Waals surface area contributed by atoms with Crippen LogP contribution in [0.1, 0.15) is 57.4 Å². The molecule has 276 valence electrons. The Morgan fingerprint density at radius 1 is 0.386 bits per heavy atom. The maximum absolute atomic E-state index is 2.50. The van der Waals surface area contributed by atoms with Crippen LogP contribution in [0.4, 0.5) is 17.1 Å². The van der Waals surface area contributed by atoms with Crippen molar-refractivity contribution in [2.24, 2.45) is 0 Å². The molecule has 0 saturated carbocycles. The fourth-order valence-electron chi connectivity index (χ4n) is 10.0. The van der Waals surface area contributed by atoms with Gasteiger partial charge in [-0.2, -0.15) is 0 Å². The third-order valence-electron chi connectivity index (χ3n) is 12.8. The van der Waals surface area contributed by atoms with E-state index < -0.39 is 0 Å². The molecule has 0 spiro atoms. The first-order valence-electron chi connectivity index (χ1n) is 19.8. The number of hydrogen-bond acceptors (Lipinski definition) is 1. The lowest BCUT2D eigenvalue weighted by Gasteiger charge is -2.30. The third kappa shape index (κ3) is 5.03.